The van der Waals surface area contributed by atoms with Crippen LogP contribution < -0.4 is 0 Å². The van der Waals surface area contributed by atoms with Crippen LogP contribution in [0.15, 0.2) is 36.0 Å². The smallest absolute Gasteiger partial charge is 0.309 e. The quantitative estimate of drug-likeness (QED) is 0.549. The number of rotatable bonds is 3. The van der Waals surface area contributed by atoms with Gasteiger partial charge in [-0.3, -0.25) is 4.79 Å². The lowest BCUT2D eigenvalue weighted by Gasteiger charge is -2.38. The highest BCUT2D eigenvalue weighted by Crippen LogP contribution is 2.40. The zero-order valence-electron chi connectivity index (χ0n) is 13.4. The van der Waals surface area contributed by atoms with Gasteiger partial charge in [-0.2, -0.15) is 0 Å². The topological polar surface area (TPSA) is 26.3 Å². The molecule has 2 rings (SSSR count). The molecular formula is C19H28O2. The minimum atomic E-state index is 0.00873. The first-order valence-electron chi connectivity index (χ1n) is 8.24. The van der Waals surface area contributed by atoms with E-state index in [-0.39, 0.29) is 11.9 Å². The fraction of sp³-hybridized carbons (Fsp3) is 0.632. The Morgan fingerprint density at radius 3 is 3.00 bits per heavy atom. The van der Waals surface area contributed by atoms with Crippen molar-refractivity contribution >= 4 is 5.97 Å². The molecule has 3 unspecified atom stereocenters. The van der Waals surface area contributed by atoms with Gasteiger partial charge in [-0.1, -0.05) is 36.0 Å². The van der Waals surface area contributed by atoms with Crippen LogP contribution in [0, 0.1) is 17.8 Å². The fourth-order valence-electron chi connectivity index (χ4n) is 3.64. The SMILES string of the molecule is C=C1CCC=C(C)CCC2C1COC(=O)C2CCC=CC. The van der Waals surface area contributed by atoms with Gasteiger partial charge in [0.2, 0.25) is 0 Å². The maximum absolute atomic E-state index is 12.2. The number of cyclic esters (lactones) is 1. The van der Waals surface area contributed by atoms with Crippen LogP contribution in [-0.4, -0.2) is 12.6 Å². The third-order valence-electron chi connectivity index (χ3n) is 4.98. The van der Waals surface area contributed by atoms with Gasteiger partial charge in [0.1, 0.15) is 0 Å². The molecule has 0 amide bonds. The third-order valence-corrected chi connectivity index (χ3v) is 4.98. The molecular weight excluding hydrogens is 260 g/mol. The summed E-state index contributed by atoms with van der Waals surface area (Å²) in [5.74, 6) is 0.820. The Morgan fingerprint density at radius 2 is 2.24 bits per heavy atom. The molecule has 3 atom stereocenters. The van der Waals surface area contributed by atoms with Gasteiger partial charge in [-0.05, 0) is 58.3 Å². The lowest BCUT2D eigenvalue weighted by molar-refractivity contribution is -0.160. The number of esters is 1. The van der Waals surface area contributed by atoms with Gasteiger partial charge < -0.3 is 4.74 Å². The summed E-state index contributed by atoms with van der Waals surface area (Å²) in [7, 11) is 0. The summed E-state index contributed by atoms with van der Waals surface area (Å²) in [6.07, 6.45) is 12.7. The van der Waals surface area contributed by atoms with Gasteiger partial charge in [-0.15, -0.1) is 0 Å². The lowest BCUT2D eigenvalue weighted by Crippen LogP contribution is -2.40. The molecule has 0 spiro atoms. The average Bonchev–Trinajstić information content (AvgIpc) is 2.52. The fourth-order valence-corrected chi connectivity index (χ4v) is 3.64. The molecule has 1 saturated heterocycles. The van der Waals surface area contributed by atoms with E-state index >= 15 is 0 Å². The van der Waals surface area contributed by atoms with Gasteiger partial charge in [0.05, 0.1) is 12.5 Å². The summed E-state index contributed by atoms with van der Waals surface area (Å²) >= 11 is 0. The van der Waals surface area contributed by atoms with Gasteiger partial charge in [-0.25, -0.2) is 0 Å². The van der Waals surface area contributed by atoms with E-state index in [9.17, 15) is 4.79 Å². The number of hydrogen-bond donors (Lipinski definition) is 0. The zero-order valence-corrected chi connectivity index (χ0v) is 13.4. The molecule has 2 aliphatic rings. The van der Waals surface area contributed by atoms with E-state index in [2.05, 4.69) is 31.7 Å². The van der Waals surface area contributed by atoms with Crippen LogP contribution in [0.2, 0.25) is 0 Å². The van der Waals surface area contributed by atoms with Crippen LogP contribution in [0.4, 0.5) is 0 Å². The number of carbonyl (C=O) groups excluding carboxylic acids is 1. The van der Waals surface area contributed by atoms with Gasteiger partial charge in [0, 0.05) is 5.92 Å². The number of allylic oxidation sites excluding steroid dienone is 4. The van der Waals surface area contributed by atoms with E-state index in [0.29, 0.717) is 18.4 Å². The maximum Gasteiger partial charge on any atom is 0.309 e. The summed E-state index contributed by atoms with van der Waals surface area (Å²) in [6.45, 7) is 9.06. The van der Waals surface area contributed by atoms with Gasteiger partial charge in [0.25, 0.3) is 0 Å². The first kappa shape index (κ1) is 16.1. The summed E-state index contributed by atoms with van der Waals surface area (Å²) < 4.78 is 5.48. The van der Waals surface area contributed by atoms with Crippen molar-refractivity contribution in [1.29, 1.82) is 0 Å². The highest BCUT2D eigenvalue weighted by molar-refractivity contribution is 5.73. The molecule has 21 heavy (non-hydrogen) atoms. The number of carbonyl (C=O) groups is 1. The largest absolute Gasteiger partial charge is 0.465 e. The molecule has 1 fully saturated rings. The van der Waals surface area contributed by atoms with Crippen molar-refractivity contribution in [1.82, 2.24) is 0 Å². The van der Waals surface area contributed by atoms with Crippen LogP contribution in [0.5, 0.6) is 0 Å². The van der Waals surface area contributed by atoms with Gasteiger partial charge in [0.15, 0.2) is 0 Å². The molecule has 0 aromatic rings. The summed E-state index contributed by atoms with van der Waals surface area (Å²) in [5, 5.41) is 0. The summed E-state index contributed by atoms with van der Waals surface area (Å²) in [6, 6.07) is 0. The van der Waals surface area contributed by atoms with Crippen LogP contribution in [0.1, 0.15) is 52.4 Å². The average molecular weight is 288 g/mol. The van der Waals surface area contributed by atoms with Crippen LogP contribution >= 0.6 is 0 Å². The first-order chi connectivity index (χ1) is 10.1. The van der Waals surface area contributed by atoms with Crippen LogP contribution in [-0.2, 0) is 9.53 Å². The molecule has 0 radical (unpaired) electrons. The molecule has 0 bridgehead atoms. The minimum Gasteiger partial charge on any atom is -0.465 e. The van der Waals surface area contributed by atoms with E-state index in [1.54, 1.807) is 0 Å². The number of ether oxygens (including phenoxy) is 1. The minimum absolute atomic E-state index is 0.00873. The highest BCUT2D eigenvalue weighted by atomic mass is 16.5. The molecule has 1 heterocycles. The van der Waals surface area contributed by atoms with Crippen molar-refractivity contribution in [2.24, 2.45) is 17.8 Å². The Kier molecular flexibility index (Phi) is 5.84. The molecule has 2 nitrogen and oxygen atoms in total. The van der Waals surface area contributed by atoms with Crippen LogP contribution in [0.25, 0.3) is 0 Å². The van der Waals surface area contributed by atoms with Crippen molar-refractivity contribution in [3.63, 3.8) is 0 Å². The molecule has 1 aliphatic heterocycles. The van der Waals surface area contributed by atoms with Crippen molar-refractivity contribution in [3.05, 3.63) is 36.0 Å². The molecule has 1 aliphatic carbocycles. The predicted molar refractivity (Wildman–Crippen MR) is 86.8 cm³/mol. The second-order valence-corrected chi connectivity index (χ2v) is 6.44. The monoisotopic (exact) mass is 288 g/mol. The molecule has 0 saturated carbocycles. The van der Waals surface area contributed by atoms with Crippen molar-refractivity contribution in [2.45, 2.75) is 52.4 Å². The van der Waals surface area contributed by atoms with E-state index in [1.165, 1.54) is 11.1 Å². The Morgan fingerprint density at radius 1 is 1.43 bits per heavy atom. The van der Waals surface area contributed by atoms with E-state index in [4.69, 9.17) is 4.74 Å². The Hall–Kier alpha value is -1.31. The van der Waals surface area contributed by atoms with Gasteiger partial charge >= 0.3 is 5.97 Å². The zero-order chi connectivity index (χ0) is 15.2. The normalized spacial score (nSPS) is 31.0. The predicted octanol–water partition coefficient (Wildman–Crippen LogP) is 4.82. The van der Waals surface area contributed by atoms with Crippen LogP contribution in [0.3, 0.4) is 0 Å². The highest BCUT2D eigenvalue weighted by Gasteiger charge is 2.40. The molecule has 0 N–H and O–H groups in total. The number of fused-ring (bicyclic) bond motifs is 1. The van der Waals surface area contributed by atoms with Crippen molar-refractivity contribution in [3.8, 4) is 0 Å². The van der Waals surface area contributed by atoms with Crippen molar-refractivity contribution < 1.29 is 9.53 Å². The standard InChI is InChI=1S/C19H28O2/c1-4-5-6-10-17-16-12-11-14(2)8-7-9-15(3)18(16)13-21-19(17)20/h4-5,8,16-18H,3,6-7,9-13H2,1-2H3. The third kappa shape index (κ3) is 4.09. The number of hydrogen-bond acceptors (Lipinski definition) is 2. The second-order valence-electron chi connectivity index (χ2n) is 6.44. The Labute approximate surface area is 129 Å². The first-order valence-corrected chi connectivity index (χ1v) is 8.24. The van der Waals surface area contributed by atoms with E-state index < -0.39 is 0 Å². The molecule has 0 aromatic carbocycles. The molecule has 116 valence electrons. The lowest BCUT2D eigenvalue weighted by atomic mass is 9.72. The maximum atomic E-state index is 12.2. The summed E-state index contributed by atoms with van der Waals surface area (Å²) in [5.41, 5.74) is 2.73. The van der Waals surface area contributed by atoms with E-state index in [1.807, 2.05) is 6.92 Å². The van der Waals surface area contributed by atoms with Crippen molar-refractivity contribution in [2.75, 3.05) is 6.61 Å². The van der Waals surface area contributed by atoms with E-state index in [0.717, 1.165) is 38.5 Å². The Bertz CT molecular complexity index is 444. The molecule has 2 heteroatoms. The Balaban J connectivity index is 2.16. The molecule has 0 aromatic heterocycles. The summed E-state index contributed by atoms with van der Waals surface area (Å²) in [4.78, 5) is 12.2. The second kappa shape index (κ2) is 7.63.